The summed E-state index contributed by atoms with van der Waals surface area (Å²) in [6, 6.07) is 17.9. The van der Waals surface area contributed by atoms with Gasteiger partial charge in [0.1, 0.15) is 11.6 Å². The molecule has 4 rings (SSSR count). The minimum atomic E-state index is -0.560. The van der Waals surface area contributed by atoms with Gasteiger partial charge < -0.3 is 10.1 Å². The number of nitrogens with one attached hydrogen (secondary N) is 1. The number of amides is 1. The van der Waals surface area contributed by atoms with Crippen molar-refractivity contribution in [2.75, 3.05) is 11.9 Å². The zero-order valence-electron chi connectivity index (χ0n) is 18.3. The van der Waals surface area contributed by atoms with E-state index in [-0.39, 0.29) is 23.6 Å². The number of carbonyl (C=O) groups excluding carboxylic acids is 1. The number of nitrogens with zero attached hydrogens (tertiary/aromatic N) is 4. The second kappa shape index (κ2) is 10.3. The van der Waals surface area contributed by atoms with E-state index in [1.54, 1.807) is 49.4 Å². The van der Waals surface area contributed by atoms with Crippen LogP contribution >= 0.6 is 15.9 Å². The van der Waals surface area contributed by atoms with Gasteiger partial charge in [0.05, 0.1) is 22.0 Å². The first-order valence-corrected chi connectivity index (χ1v) is 11.1. The number of rotatable bonds is 7. The lowest BCUT2D eigenvalue weighted by molar-refractivity contribution is -0.384. The summed E-state index contributed by atoms with van der Waals surface area (Å²) in [6.45, 7) is 1.29. The molecular formula is C24H18BrN5O5. The molecule has 176 valence electrons. The molecule has 0 aliphatic heterocycles. The number of hydrogen-bond donors (Lipinski definition) is 1. The number of nitro benzene ring substituents is 1. The summed E-state index contributed by atoms with van der Waals surface area (Å²) >= 11 is 3.34. The number of aryl methyl sites for hydroxylation is 1. The quantitative estimate of drug-likeness (QED) is 0.213. The minimum absolute atomic E-state index is 0.185. The maximum absolute atomic E-state index is 13.0. The summed E-state index contributed by atoms with van der Waals surface area (Å²) in [5.74, 6) is 0.106. The Balaban J connectivity index is 1.63. The largest absolute Gasteiger partial charge is 0.483 e. The molecule has 1 amide bonds. The van der Waals surface area contributed by atoms with Gasteiger partial charge in [-0.25, -0.2) is 4.98 Å². The number of nitro groups is 1. The number of hydrogen-bond acceptors (Lipinski definition) is 7. The molecule has 11 heteroatoms. The number of benzene rings is 3. The summed E-state index contributed by atoms with van der Waals surface area (Å²) in [5.41, 5.74) is 0.743. The summed E-state index contributed by atoms with van der Waals surface area (Å²) < 4.78 is 7.42. The van der Waals surface area contributed by atoms with Crippen LogP contribution in [0.3, 0.4) is 0 Å². The van der Waals surface area contributed by atoms with E-state index in [4.69, 9.17) is 4.74 Å². The molecule has 0 unspecified atom stereocenters. The molecule has 0 atom stereocenters. The van der Waals surface area contributed by atoms with Crippen LogP contribution in [-0.2, 0) is 4.79 Å². The van der Waals surface area contributed by atoms with Crippen LogP contribution in [0.5, 0.6) is 5.75 Å². The van der Waals surface area contributed by atoms with Gasteiger partial charge in [-0.1, -0.05) is 34.1 Å². The van der Waals surface area contributed by atoms with Crippen LogP contribution in [-0.4, -0.2) is 33.3 Å². The Kier molecular flexibility index (Phi) is 6.97. The molecule has 0 aliphatic rings. The van der Waals surface area contributed by atoms with Gasteiger partial charge in [-0.05, 0) is 43.3 Å². The average molecular weight is 536 g/mol. The first-order valence-electron chi connectivity index (χ1n) is 10.3. The molecule has 4 aromatic rings. The molecular weight excluding hydrogens is 518 g/mol. The summed E-state index contributed by atoms with van der Waals surface area (Å²) in [7, 11) is 0. The van der Waals surface area contributed by atoms with Crippen LogP contribution in [0.1, 0.15) is 11.4 Å². The first kappa shape index (κ1) is 23.8. The SMILES string of the molecule is Cc1nc2ccc(Br)cc2c(=O)n1N=Cc1cc([N+](=O)[O-])ccc1OCC(=O)Nc1ccccc1. The third-order valence-electron chi connectivity index (χ3n) is 4.90. The zero-order valence-corrected chi connectivity index (χ0v) is 19.9. The van der Waals surface area contributed by atoms with E-state index in [1.165, 1.54) is 24.4 Å². The fourth-order valence-electron chi connectivity index (χ4n) is 3.26. The number of anilines is 1. The number of para-hydroxylation sites is 1. The number of halogens is 1. The molecule has 0 aliphatic carbocycles. The Hall–Kier alpha value is -4.38. The second-order valence-electron chi connectivity index (χ2n) is 7.36. The van der Waals surface area contributed by atoms with Gasteiger partial charge in [-0.15, -0.1) is 0 Å². The van der Waals surface area contributed by atoms with Gasteiger partial charge in [0.15, 0.2) is 6.61 Å². The molecule has 0 saturated carbocycles. The maximum Gasteiger partial charge on any atom is 0.282 e. The molecule has 35 heavy (non-hydrogen) atoms. The van der Waals surface area contributed by atoms with Crippen molar-refractivity contribution in [3.63, 3.8) is 0 Å². The lowest BCUT2D eigenvalue weighted by Crippen LogP contribution is -2.21. The Labute approximate surface area is 207 Å². The van der Waals surface area contributed by atoms with E-state index in [1.807, 2.05) is 6.07 Å². The van der Waals surface area contributed by atoms with Crippen LogP contribution in [0.25, 0.3) is 10.9 Å². The van der Waals surface area contributed by atoms with Crippen molar-refractivity contribution in [3.05, 3.63) is 103 Å². The van der Waals surface area contributed by atoms with E-state index < -0.39 is 16.4 Å². The van der Waals surface area contributed by atoms with Crippen molar-refractivity contribution < 1.29 is 14.5 Å². The standard InChI is InChI=1S/C24H18BrN5O5/c1-15-27-21-9-7-17(25)12-20(21)24(32)29(15)26-13-16-11-19(30(33)34)8-10-22(16)35-14-23(31)28-18-5-3-2-4-6-18/h2-13H,14H2,1H3,(H,28,31). The van der Waals surface area contributed by atoms with Crippen molar-refractivity contribution in [1.29, 1.82) is 0 Å². The monoisotopic (exact) mass is 535 g/mol. The predicted molar refractivity (Wildman–Crippen MR) is 135 cm³/mol. The fourth-order valence-corrected chi connectivity index (χ4v) is 3.62. The van der Waals surface area contributed by atoms with Crippen molar-refractivity contribution >= 4 is 50.3 Å². The lowest BCUT2D eigenvalue weighted by Gasteiger charge is -2.10. The van der Waals surface area contributed by atoms with E-state index in [9.17, 15) is 19.7 Å². The predicted octanol–water partition coefficient (Wildman–Crippen LogP) is 4.28. The molecule has 0 spiro atoms. The number of aromatic nitrogens is 2. The van der Waals surface area contributed by atoms with Gasteiger partial charge in [-0.3, -0.25) is 19.7 Å². The van der Waals surface area contributed by atoms with E-state index in [0.717, 1.165) is 4.68 Å². The highest BCUT2D eigenvalue weighted by Crippen LogP contribution is 2.23. The minimum Gasteiger partial charge on any atom is -0.483 e. The van der Waals surface area contributed by atoms with Crippen molar-refractivity contribution in [1.82, 2.24) is 9.66 Å². The molecule has 10 nitrogen and oxygen atoms in total. The Morgan fingerprint density at radius 1 is 1.20 bits per heavy atom. The van der Waals surface area contributed by atoms with Gasteiger partial charge >= 0.3 is 0 Å². The van der Waals surface area contributed by atoms with Gasteiger partial charge in [0.2, 0.25) is 0 Å². The number of non-ortho nitro benzene ring substituents is 1. The molecule has 3 aromatic carbocycles. The molecule has 1 N–H and O–H groups in total. The lowest BCUT2D eigenvalue weighted by atomic mass is 10.2. The number of fused-ring (bicyclic) bond motifs is 1. The molecule has 0 fully saturated rings. The van der Waals surface area contributed by atoms with Crippen molar-refractivity contribution in [2.45, 2.75) is 6.92 Å². The van der Waals surface area contributed by atoms with Crippen LogP contribution in [0, 0.1) is 17.0 Å². The molecule has 0 saturated heterocycles. The van der Waals surface area contributed by atoms with Crippen LogP contribution in [0.4, 0.5) is 11.4 Å². The Morgan fingerprint density at radius 2 is 1.97 bits per heavy atom. The average Bonchev–Trinajstić information content (AvgIpc) is 2.84. The third-order valence-corrected chi connectivity index (χ3v) is 5.40. The van der Waals surface area contributed by atoms with E-state index in [2.05, 4.69) is 31.3 Å². The van der Waals surface area contributed by atoms with Gasteiger partial charge in [-0.2, -0.15) is 9.78 Å². The fraction of sp³-hybridized carbons (Fsp3) is 0.0833. The van der Waals surface area contributed by atoms with E-state index >= 15 is 0 Å². The van der Waals surface area contributed by atoms with Gasteiger partial charge in [0.25, 0.3) is 17.2 Å². The maximum atomic E-state index is 13.0. The normalized spacial score (nSPS) is 11.0. The summed E-state index contributed by atoms with van der Waals surface area (Å²) in [5, 5.41) is 18.5. The molecule has 1 heterocycles. The topological polar surface area (TPSA) is 129 Å². The highest BCUT2D eigenvalue weighted by Gasteiger charge is 2.13. The van der Waals surface area contributed by atoms with Gasteiger partial charge in [0, 0.05) is 27.9 Å². The molecule has 0 bridgehead atoms. The smallest absolute Gasteiger partial charge is 0.282 e. The van der Waals surface area contributed by atoms with Crippen molar-refractivity contribution in [2.24, 2.45) is 5.10 Å². The Morgan fingerprint density at radius 3 is 2.71 bits per heavy atom. The van der Waals surface area contributed by atoms with Crippen molar-refractivity contribution in [3.8, 4) is 5.75 Å². The molecule has 1 aromatic heterocycles. The first-order chi connectivity index (χ1) is 16.8. The molecule has 0 radical (unpaired) electrons. The summed E-state index contributed by atoms with van der Waals surface area (Å²) in [6.07, 6.45) is 1.26. The third kappa shape index (κ3) is 5.58. The zero-order chi connectivity index (χ0) is 24.9. The van der Waals surface area contributed by atoms with Crippen LogP contribution < -0.4 is 15.6 Å². The number of carbonyl (C=O) groups is 1. The van der Waals surface area contributed by atoms with Crippen LogP contribution in [0.15, 0.2) is 81.1 Å². The highest BCUT2D eigenvalue weighted by molar-refractivity contribution is 9.10. The Bertz CT molecular complexity index is 1520. The number of ether oxygens (including phenoxy) is 1. The highest BCUT2D eigenvalue weighted by atomic mass is 79.9. The van der Waals surface area contributed by atoms with Crippen LogP contribution in [0.2, 0.25) is 0 Å². The second-order valence-corrected chi connectivity index (χ2v) is 8.28. The van der Waals surface area contributed by atoms with E-state index in [0.29, 0.717) is 26.9 Å². The summed E-state index contributed by atoms with van der Waals surface area (Å²) in [4.78, 5) is 40.3.